The monoisotopic (exact) mass is 804 g/mol. The van der Waals surface area contributed by atoms with Gasteiger partial charge < -0.3 is 0 Å². The summed E-state index contributed by atoms with van der Waals surface area (Å²) in [4.78, 5) is 15.9. The first-order valence-electron chi connectivity index (χ1n) is 23.6. The molecule has 4 nitrogen and oxygen atoms in total. The minimum absolute atomic E-state index is 0.339. The van der Waals surface area contributed by atoms with E-state index in [9.17, 15) is 5.26 Å². The Morgan fingerprint density at radius 2 is 0.823 bits per heavy atom. The highest BCUT2D eigenvalue weighted by molar-refractivity contribution is 6.04. The second kappa shape index (κ2) is 14.0. The summed E-state index contributed by atoms with van der Waals surface area (Å²) in [6.07, 6.45) is 17.0. The standard InChI is InChI=1S/C58H52N4/c59-35-36-8-10-44(11-9-36)50-20-21-53(52-7-2-1-6-51(50)52)56-61-54(45-14-18-49(19-15-45)58-32-40-25-41(33-58)27-42(26-40)34-58)60-55(62-56)47-5-3-4-46(28-47)43-12-16-48(17-13-43)57-29-37-22-38(30-57)24-39(23-37)31-57/h1-21,28,37-42H,22-27,29-34H2/t37-,38+,39?,40-,41+,42-,57?,58?. The van der Waals surface area contributed by atoms with Gasteiger partial charge in [0.1, 0.15) is 0 Å². The molecule has 0 N–H and O–H groups in total. The van der Waals surface area contributed by atoms with E-state index in [2.05, 4.69) is 115 Å². The predicted molar refractivity (Wildman–Crippen MR) is 249 cm³/mol. The Hall–Kier alpha value is -5.92. The van der Waals surface area contributed by atoms with Gasteiger partial charge in [0, 0.05) is 16.7 Å². The summed E-state index contributed by atoms with van der Waals surface area (Å²) in [6.45, 7) is 0. The Labute approximate surface area is 365 Å². The molecule has 6 aromatic carbocycles. The molecule has 1 heterocycles. The number of benzene rings is 6. The second-order valence-corrected chi connectivity index (χ2v) is 20.8. The molecule has 8 fully saturated rings. The smallest absolute Gasteiger partial charge is 0.164 e. The lowest BCUT2D eigenvalue weighted by Gasteiger charge is -2.57. The zero-order chi connectivity index (χ0) is 41.0. The van der Waals surface area contributed by atoms with E-state index in [1.54, 1.807) is 5.56 Å². The van der Waals surface area contributed by atoms with E-state index in [4.69, 9.17) is 15.0 Å². The molecule has 0 amide bonds. The number of rotatable bonds is 7. The Kier molecular flexibility index (Phi) is 8.32. The van der Waals surface area contributed by atoms with Gasteiger partial charge in [0.15, 0.2) is 17.5 Å². The van der Waals surface area contributed by atoms with E-state index in [1.807, 2.05) is 24.3 Å². The number of aromatic nitrogens is 3. The zero-order valence-electron chi connectivity index (χ0n) is 35.4. The lowest BCUT2D eigenvalue weighted by atomic mass is 9.48. The molecule has 15 rings (SSSR count). The highest BCUT2D eigenvalue weighted by atomic mass is 15.0. The number of hydrogen-bond donors (Lipinski definition) is 0. The van der Waals surface area contributed by atoms with Crippen LogP contribution in [0.2, 0.25) is 0 Å². The molecule has 0 aliphatic heterocycles. The minimum Gasteiger partial charge on any atom is -0.208 e. The fourth-order valence-electron chi connectivity index (χ4n) is 15.0. The third kappa shape index (κ3) is 6.10. The van der Waals surface area contributed by atoms with Crippen molar-refractivity contribution in [3.8, 4) is 62.5 Å². The molecule has 8 aliphatic rings. The van der Waals surface area contributed by atoms with Crippen LogP contribution in [0.1, 0.15) is 93.7 Å². The topological polar surface area (TPSA) is 62.5 Å². The van der Waals surface area contributed by atoms with Crippen LogP contribution in [0.5, 0.6) is 0 Å². The highest BCUT2D eigenvalue weighted by Gasteiger charge is 2.52. The summed E-state index contributed by atoms with van der Waals surface area (Å²) < 4.78 is 0. The van der Waals surface area contributed by atoms with Crippen molar-refractivity contribution in [2.24, 2.45) is 35.5 Å². The van der Waals surface area contributed by atoms with Gasteiger partial charge in [-0.15, -0.1) is 0 Å². The van der Waals surface area contributed by atoms with Gasteiger partial charge in [0.25, 0.3) is 0 Å². The summed E-state index contributed by atoms with van der Waals surface area (Å²) in [6, 6.07) is 50.8. The van der Waals surface area contributed by atoms with Gasteiger partial charge in [-0.25, -0.2) is 15.0 Å². The summed E-state index contributed by atoms with van der Waals surface area (Å²) in [5.41, 5.74) is 12.1. The van der Waals surface area contributed by atoms with Crippen LogP contribution in [0, 0.1) is 46.8 Å². The van der Waals surface area contributed by atoms with Crippen LogP contribution in [0.4, 0.5) is 0 Å². The fraction of sp³-hybridized carbons (Fsp3) is 0.345. The molecule has 8 aliphatic carbocycles. The SMILES string of the molecule is N#Cc1ccc(-c2ccc(-c3nc(-c4ccc(C56C[C@H]7C[C@@H](C5)C[C@@H](C6)C7)cc4)nc(-c4cccc(-c5ccc(C67CC8C[C@H](C6)C[C@@H](C8)C7)cc5)c4)n3)c3ccccc23)cc1. The highest BCUT2D eigenvalue weighted by Crippen LogP contribution is 2.62. The molecular weight excluding hydrogens is 753 g/mol. The lowest BCUT2D eigenvalue weighted by Crippen LogP contribution is -2.48. The van der Waals surface area contributed by atoms with Crippen LogP contribution in [-0.4, -0.2) is 15.0 Å². The fourth-order valence-corrected chi connectivity index (χ4v) is 15.0. The van der Waals surface area contributed by atoms with Gasteiger partial charge in [-0.1, -0.05) is 109 Å². The maximum atomic E-state index is 9.46. The number of nitriles is 1. The maximum Gasteiger partial charge on any atom is 0.164 e. The molecule has 304 valence electrons. The average Bonchev–Trinajstić information content (AvgIpc) is 3.30. The Morgan fingerprint density at radius 3 is 1.35 bits per heavy atom. The van der Waals surface area contributed by atoms with Crippen molar-refractivity contribution >= 4 is 10.8 Å². The summed E-state index contributed by atoms with van der Waals surface area (Å²) in [7, 11) is 0. The van der Waals surface area contributed by atoms with E-state index in [0.29, 0.717) is 33.9 Å². The van der Waals surface area contributed by atoms with Crippen LogP contribution < -0.4 is 0 Å². The first-order valence-corrected chi connectivity index (χ1v) is 23.6. The molecule has 8 bridgehead atoms. The summed E-state index contributed by atoms with van der Waals surface area (Å²) >= 11 is 0. The van der Waals surface area contributed by atoms with Crippen LogP contribution in [0.15, 0.2) is 133 Å². The van der Waals surface area contributed by atoms with Gasteiger partial charge in [0.05, 0.1) is 11.6 Å². The van der Waals surface area contributed by atoms with Crippen molar-refractivity contribution in [1.29, 1.82) is 5.26 Å². The first-order chi connectivity index (χ1) is 30.4. The van der Waals surface area contributed by atoms with Crippen LogP contribution in [0.25, 0.3) is 67.2 Å². The molecule has 0 atom stereocenters. The molecule has 0 unspecified atom stereocenters. The van der Waals surface area contributed by atoms with Crippen molar-refractivity contribution < 1.29 is 0 Å². The van der Waals surface area contributed by atoms with Crippen molar-refractivity contribution in [3.63, 3.8) is 0 Å². The van der Waals surface area contributed by atoms with E-state index < -0.39 is 0 Å². The molecular formula is C58H52N4. The summed E-state index contributed by atoms with van der Waals surface area (Å²) in [5.74, 6) is 7.58. The third-order valence-corrected chi connectivity index (χ3v) is 16.9. The van der Waals surface area contributed by atoms with Crippen LogP contribution >= 0.6 is 0 Å². The molecule has 8 saturated carbocycles. The Bertz CT molecular complexity index is 2850. The molecule has 4 heteroatoms. The minimum atomic E-state index is 0.339. The quantitative estimate of drug-likeness (QED) is 0.161. The average molecular weight is 805 g/mol. The van der Waals surface area contributed by atoms with Crippen molar-refractivity contribution in [2.75, 3.05) is 0 Å². The molecule has 0 radical (unpaired) electrons. The predicted octanol–water partition coefficient (Wildman–Crippen LogP) is 14.2. The number of hydrogen-bond acceptors (Lipinski definition) is 4. The second-order valence-electron chi connectivity index (χ2n) is 20.8. The molecule has 0 spiro atoms. The van der Waals surface area contributed by atoms with Gasteiger partial charge in [-0.3, -0.25) is 0 Å². The zero-order valence-corrected chi connectivity index (χ0v) is 35.4. The molecule has 0 saturated heterocycles. The Balaban J connectivity index is 0.894. The molecule has 7 aromatic rings. The lowest BCUT2D eigenvalue weighted by molar-refractivity contribution is -0.00530. The Morgan fingerprint density at radius 1 is 0.387 bits per heavy atom. The number of nitrogens with zero attached hydrogens (tertiary/aromatic N) is 4. The van der Waals surface area contributed by atoms with E-state index >= 15 is 0 Å². The molecule has 1 aromatic heterocycles. The van der Waals surface area contributed by atoms with Gasteiger partial charge in [-0.2, -0.15) is 5.26 Å². The van der Waals surface area contributed by atoms with Gasteiger partial charge in [0.2, 0.25) is 0 Å². The van der Waals surface area contributed by atoms with Gasteiger partial charge in [-0.05, 0) is 192 Å². The normalized spacial score (nSPS) is 29.0. The first kappa shape index (κ1) is 36.7. The third-order valence-electron chi connectivity index (χ3n) is 16.9. The maximum absolute atomic E-state index is 9.46. The van der Waals surface area contributed by atoms with Gasteiger partial charge >= 0.3 is 0 Å². The van der Waals surface area contributed by atoms with E-state index in [0.717, 1.165) is 74.1 Å². The van der Waals surface area contributed by atoms with Crippen LogP contribution in [-0.2, 0) is 10.8 Å². The van der Waals surface area contributed by atoms with Crippen molar-refractivity contribution in [3.05, 3.63) is 150 Å². The largest absolute Gasteiger partial charge is 0.208 e. The summed E-state index contributed by atoms with van der Waals surface area (Å²) in [5, 5.41) is 11.7. The van der Waals surface area contributed by atoms with Crippen molar-refractivity contribution in [1.82, 2.24) is 15.0 Å². The van der Waals surface area contributed by atoms with Crippen LogP contribution in [0.3, 0.4) is 0 Å². The molecule has 62 heavy (non-hydrogen) atoms. The van der Waals surface area contributed by atoms with E-state index in [1.165, 1.54) is 93.7 Å². The van der Waals surface area contributed by atoms with E-state index in [-0.39, 0.29) is 0 Å². The van der Waals surface area contributed by atoms with Crippen molar-refractivity contribution in [2.45, 2.75) is 87.9 Å². The number of fused-ring (bicyclic) bond motifs is 1.